The number of amides is 1. The molecule has 0 bridgehead atoms. The fraction of sp³-hybridized carbons (Fsp3) is 0.273. The molecule has 3 aromatic rings. The van der Waals surface area contributed by atoms with Gasteiger partial charge in [0.05, 0.1) is 22.8 Å². The normalized spacial score (nSPS) is 15.0. The number of pyridine rings is 1. The molecule has 0 atom stereocenters. The van der Waals surface area contributed by atoms with Gasteiger partial charge >= 0.3 is 0 Å². The third kappa shape index (κ3) is 4.11. The summed E-state index contributed by atoms with van der Waals surface area (Å²) in [7, 11) is 0. The molecule has 2 aromatic carbocycles. The Morgan fingerprint density at radius 2 is 1.89 bits per heavy atom. The fourth-order valence-corrected chi connectivity index (χ4v) is 3.81. The van der Waals surface area contributed by atoms with Gasteiger partial charge in [-0.15, -0.1) is 0 Å². The van der Waals surface area contributed by atoms with Crippen molar-refractivity contribution in [3.8, 4) is 0 Å². The van der Waals surface area contributed by atoms with E-state index in [2.05, 4.69) is 51.3 Å². The number of hydrogen-bond acceptors (Lipinski definition) is 4. The Balaban J connectivity index is 1.38. The molecular weight excluding hydrogens is 372 g/mol. The van der Waals surface area contributed by atoms with E-state index in [0.717, 1.165) is 31.7 Å². The second-order valence-corrected chi connectivity index (χ2v) is 7.55. The lowest BCUT2D eigenvalue weighted by molar-refractivity contribution is -0.117. The van der Waals surface area contributed by atoms with E-state index in [0.29, 0.717) is 17.3 Å². The van der Waals surface area contributed by atoms with E-state index < -0.39 is 0 Å². The van der Waals surface area contributed by atoms with E-state index in [9.17, 15) is 4.79 Å². The molecule has 28 heavy (non-hydrogen) atoms. The monoisotopic (exact) mass is 394 g/mol. The molecule has 0 aliphatic carbocycles. The van der Waals surface area contributed by atoms with Crippen LogP contribution >= 0.6 is 11.6 Å². The van der Waals surface area contributed by atoms with Crippen molar-refractivity contribution in [2.45, 2.75) is 6.92 Å². The number of para-hydroxylation sites is 1. The molecule has 144 valence electrons. The molecule has 1 aliphatic heterocycles. The van der Waals surface area contributed by atoms with Crippen molar-refractivity contribution >= 4 is 39.8 Å². The van der Waals surface area contributed by atoms with Gasteiger partial charge < -0.3 is 10.2 Å². The zero-order chi connectivity index (χ0) is 19.5. The topological polar surface area (TPSA) is 48.5 Å². The van der Waals surface area contributed by atoms with Gasteiger partial charge in [-0.2, -0.15) is 0 Å². The molecule has 1 aromatic heterocycles. The van der Waals surface area contributed by atoms with Crippen LogP contribution < -0.4 is 10.2 Å². The Labute approximate surface area is 169 Å². The van der Waals surface area contributed by atoms with E-state index in [-0.39, 0.29) is 5.91 Å². The number of nitrogens with zero attached hydrogens (tertiary/aromatic N) is 3. The van der Waals surface area contributed by atoms with E-state index in [1.807, 2.05) is 24.4 Å². The van der Waals surface area contributed by atoms with Gasteiger partial charge in [0.1, 0.15) is 0 Å². The van der Waals surface area contributed by atoms with Crippen molar-refractivity contribution in [1.29, 1.82) is 0 Å². The first-order valence-corrected chi connectivity index (χ1v) is 9.85. The molecule has 0 radical (unpaired) electrons. The number of aromatic nitrogens is 1. The number of rotatable bonds is 4. The Hall–Kier alpha value is -2.63. The van der Waals surface area contributed by atoms with Crippen LogP contribution in [0.1, 0.15) is 5.56 Å². The van der Waals surface area contributed by atoms with Crippen molar-refractivity contribution in [1.82, 2.24) is 9.88 Å². The number of anilines is 2. The predicted octanol–water partition coefficient (Wildman–Crippen LogP) is 3.96. The van der Waals surface area contributed by atoms with Crippen LogP contribution in [0, 0.1) is 6.92 Å². The third-order valence-electron chi connectivity index (χ3n) is 5.10. The van der Waals surface area contributed by atoms with Crippen LogP contribution in [0.15, 0.2) is 54.7 Å². The molecule has 4 rings (SSSR count). The van der Waals surface area contributed by atoms with Crippen molar-refractivity contribution in [2.24, 2.45) is 0 Å². The number of carbonyl (C=O) groups is 1. The highest BCUT2D eigenvalue weighted by molar-refractivity contribution is 6.33. The maximum absolute atomic E-state index is 12.4. The number of benzene rings is 2. The Bertz CT molecular complexity index is 999. The number of aryl methyl sites for hydroxylation is 1. The average molecular weight is 395 g/mol. The Kier molecular flexibility index (Phi) is 5.46. The van der Waals surface area contributed by atoms with Crippen LogP contribution in [-0.4, -0.2) is 48.5 Å². The van der Waals surface area contributed by atoms with Crippen LogP contribution in [0.2, 0.25) is 5.02 Å². The molecule has 1 fully saturated rings. The lowest BCUT2D eigenvalue weighted by Gasteiger charge is -2.36. The lowest BCUT2D eigenvalue weighted by Crippen LogP contribution is -2.48. The molecule has 1 aliphatic rings. The smallest absolute Gasteiger partial charge is 0.238 e. The molecule has 1 amide bonds. The van der Waals surface area contributed by atoms with Gasteiger partial charge in [-0.1, -0.05) is 35.4 Å². The zero-order valence-electron chi connectivity index (χ0n) is 15.9. The first kappa shape index (κ1) is 18.7. The maximum atomic E-state index is 12.4. The molecule has 0 spiro atoms. The number of hydrogen-bond donors (Lipinski definition) is 1. The molecule has 1 N–H and O–H groups in total. The Morgan fingerprint density at radius 1 is 1.11 bits per heavy atom. The number of halogens is 1. The highest BCUT2D eigenvalue weighted by Crippen LogP contribution is 2.27. The zero-order valence-corrected chi connectivity index (χ0v) is 16.6. The van der Waals surface area contributed by atoms with Crippen LogP contribution in [0.25, 0.3) is 10.9 Å². The van der Waals surface area contributed by atoms with E-state index >= 15 is 0 Å². The lowest BCUT2D eigenvalue weighted by atomic mass is 10.1. The van der Waals surface area contributed by atoms with Crippen LogP contribution in [0.3, 0.4) is 0 Å². The molecule has 5 nitrogen and oxygen atoms in total. The second kappa shape index (κ2) is 8.17. The van der Waals surface area contributed by atoms with Crippen molar-refractivity contribution in [3.05, 3.63) is 65.3 Å². The summed E-state index contributed by atoms with van der Waals surface area (Å²) in [5.74, 6) is -0.0356. The minimum atomic E-state index is -0.0356. The van der Waals surface area contributed by atoms with Gasteiger partial charge in [-0.05, 0) is 37.3 Å². The summed E-state index contributed by atoms with van der Waals surface area (Å²) >= 11 is 6.12. The van der Waals surface area contributed by atoms with Gasteiger partial charge in [0.25, 0.3) is 0 Å². The van der Waals surface area contributed by atoms with Crippen molar-refractivity contribution in [3.63, 3.8) is 0 Å². The highest BCUT2D eigenvalue weighted by Gasteiger charge is 2.21. The molecule has 0 saturated carbocycles. The van der Waals surface area contributed by atoms with E-state index in [1.165, 1.54) is 16.6 Å². The average Bonchev–Trinajstić information content (AvgIpc) is 2.70. The SMILES string of the molecule is Cc1ccc2nccc(N3CCN(CC(=O)Nc4ccccc4Cl)CC3)c2c1. The van der Waals surface area contributed by atoms with Gasteiger partial charge in [0.15, 0.2) is 0 Å². The fourth-order valence-electron chi connectivity index (χ4n) is 3.62. The predicted molar refractivity (Wildman–Crippen MR) is 115 cm³/mol. The van der Waals surface area contributed by atoms with Crippen LogP contribution in [0.5, 0.6) is 0 Å². The van der Waals surface area contributed by atoms with Gasteiger partial charge in [-0.3, -0.25) is 14.7 Å². The number of carbonyl (C=O) groups excluding carboxylic acids is 1. The van der Waals surface area contributed by atoms with E-state index in [1.54, 1.807) is 6.07 Å². The van der Waals surface area contributed by atoms with Crippen molar-refractivity contribution < 1.29 is 4.79 Å². The van der Waals surface area contributed by atoms with Gasteiger partial charge in [0.2, 0.25) is 5.91 Å². The standard InChI is InChI=1S/C22H23ClN4O/c1-16-6-7-19-17(14-16)21(8-9-24-19)27-12-10-26(11-13-27)15-22(28)25-20-5-3-2-4-18(20)23/h2-9,14H,10-13,15H2,1H3,(H,25,28). The number of nitrogens with one attached hydrogen (secondary N) is 1. The first-order valence-electron chi connectivity index (χ1n) is 9.47. The minimum absolute atomic E-state index is 0.0356. The molecule has 0 unspecified atom stereocenters. The summed E-state index contributed by atoms with van der Waals surface area (Å²) in [4.78, 5) is 21.4. The van der Waals surface area contributed by atoms with Gasteiger partial charge in [0, 0.05) is 43.4 Å². The molecule has 6 heteroatoms. The summed E-state index contributed by atoms with van der Waals surface area (Å²) in [5, 5.41) is 4.64. The van der Waals surface area contributed by atoms with Crippen molar-refractivity contribution in [2.75, 3.05) is 42.9 Å². The largest absolute Gasteiger partial charge is 0.368 e. The summed E-state index contributed by atoms with van der Waals surface area (Å²) in [6, 6.07) is 15.7. The molecule has 2 heterocycles. The summed E-state index contributed by atoms with van der Waals surface area (Å²) in [6.07, 6.45) is 1.87. The number of piperazine rings is 1. The molecular formula is C22H23ClN4O. The maximum Gasteiger partial charge on any atom is 0.238 e. The quantitative estimate of drug-likeness (QED) is 0.727. The van der Waals surface area contributed by atoms with Crippen LogP contribution in [0.4, 0.5) is 11.4 Å². The molecule has 1 saturated heterocycles. The summed E-state index contributed by atoms with van der Waals surface area (Å²) < 4.78 is 0. The summed E-state index contributed by atoms with van der Waals surface area (Å²) in [6.45, 7) is 5.91. The van der Waals surface area contributed by atoms with Gasteiger partial charge in [-0.25, -0.2) is 0 Å². The summed E-state index contributed by atoms with van der Waals surface area (Å²) in [5.41, 5.74) is 4.13. The highest BCUT2D eigenvalue weighted by atomic mass is 35.5. The van der Waals surface area contributed by atoms with Crippen LogP contribution in [-0.2, 0) is 4.79 Å². The number of fused-ring (bicyclic) bond motifs is 1. The second-order valence-electron chi connectivity index (χ2n) is 7.14. The minimum Gasteiger partial charge on any atom is -0.368 e. The Morgan fingerprint density at radius 3 is 2.68 bits per heavy atom. The third-order valence-corrected chi connectivity index (χ3v) is 5.43. The first-order chi connectivity index (χ1) is 13.6. The van der Waals surface area contributed by atoms with E-state index in [4.69, 9.17) is 11.6 Å².